The van der Waals surface area contributed by atoms with Gasteiger partial charge in [-0.05, 0) is 24.5 Å². The number of hydrogen-bond acceptors (Lipinski definition) is 5. The van der Waals surface area contributed by atoms with E-state index >= 15 is 0 Å². The standard InChI is InChI=1S/C24H32O5/c1-4-22(19(2)29-18-27-16-20-11-7-5-8-12-20)23(15-24(25)26-3)28-17-21-13-9-6-10-14-21/h5-14,19,22-23H,4,15-18H2,1-3H3/t19-,22-,23-/m1/s1. The largest absolute Gasteiger partial charge is 0.469 e. The zero-order chi connectivity index (χ0) is 20.9. The molecule has 0 heterocycles. The van der Waals surface area contributed by atoms with Crippen LogP contribution in [0.25, 0.3) is 0 Å². The Morgan fingerprint density at radius 2 is 1.48 bits per heavy atom. The van der Waals surface area contributed by atoms with E-state index in [9.17, 15) is 4.79 Å². The predicted octanol–water partition coefficient (Wildman–Crippen LogP) is 4.74. The first-order valence-corrected chi connectivity index (χ1v) is 10.1. The van der Waals surface area contributed by atoms with Crippen LogP contribution in [0.3, 0.4) is 0 Å². The third-order valence-electron chi connectivity index (χ3n) is 4.98. The number of esters is 1. The Balaban J connectivity index is 1.89. The topological polar surface area (TPSA) is 54.0 Å². The van der Waals surface area contributed by atoms with E-state index in [2.05, 4.69) is 6.92 Å². The number of rotatable bonds is 13. The fourth-order valence-electron chi connectivity index (χ4n) is 3.27. The average Bonchev–Trinajstić information content (AvgIpc) is 2.76. The predicted molar refractivity (Wildman–Crippen MR) is 112 cm³/mol. The van der Waals surface area contributed by atoms with E-state index in [0.717, 1.165) is 17.5 Å². The van der Waals surface area contributed by atoms with Crippen LogP contribution in [0.5, 0.6) is 0 Å². The van der Waals surface area contributed by atoms with Gasteiger partial charge < -0.3 is 18.9 Å². The van der Waals surface area contributed by atoms with Crippen molar-refractivity contribution in [2.75, 3.05) is 13.9 Å². The molecular formula is C24H32O5. The first kappa shape index (κ1) is 23.1. The van der Waals surface area contributed by atoms with Crippen LogP contribution in [0.4, 0.5) is 0 Å². The highest BCUT2D eigenvalue weighted by Crippen LogP contribution is 2.24. The first-order valence-electron chi connectivity index (χ1n) is 10.1. The van der Waals surface area contributed by atoms with Crippen molar-refractivity contribution in [1.82, 2.24) is 0 Å². The molecule has 0 spiro atoms. The highest BCUT2D eigenvalue weighted by molar-refractivity contribution is 5.69. The van der Waals surface area contributed by atoms with Gasteiger partial charge >= 0.3 is 5.97 Å². The lowest BCUT2D eigenvalue weighted by Gasteiger charge is -2.30. The Morgan fingerprint density at radius 1 is 0.897 bits per heavy atom. The monoisotopic (exact) mass is 400 g/mol. The maximum absolute atomic E-state index is 11.9. The lowest BCUT2D eigenvalue weighted by atomic mass is 9.91. The summed E-state index contributed by atoms with van der Waals surface area (Å²) in [6, 6.07) is 19.9. The Labute approximate surface area is 173 Å². The summed E-state index contributed by atoms with van der Waals surface area (Å²) in [6.07, 6.45) is 0.592. The van der Waals surface area contributed by atoms with Gasteiger partial charge in [0.15, 0.2) is 0 Å². The minimum Gasteiger partial charge on any atom is -0.469 e. The van der Waals surface area contributed by atoms with Gasteiger partial charge in [-0.15, -0.1) is 0 Å². The summed E-state index contributed by atoms with van der Waals surface area (Å²) >= 11 is 0. The highest BCUT2D eigenvalue weighted by Gasteiger charge is 2.29. The van der Waals surface area contributed by atoms with Gasteiger partial charge in [-0.1, -0.05) is 67.6 Å². The van der Waals surface area contributed by atoms with Crippen molar-refractivity contribution >= 4 is 5.97 Å². The molecule has 5 heteroatoms. The normalized spacial score (nSPS) is 14.2. The van der Waals surface area contributed by atoms with Crippen LogP contribution >= 0.6 is 0 Å². The molecular weight excluding hydrogens is 368 g/mol. The molecule has 5 nitrogen and oxygen atoms in total. The second-order valence-corrected chi connectivity index (χ2v) is 7.01. The quantitative estimate of drug-likeness (QED) is 0.276. The Bertz CT molecular complexity index is 689. The van der Waals surface area contributed by atoms with E-state index in [0.29, 0.717) is 13.2 Å². The van der Waals surface area contributed by atoms with E-state index in [-0.39, 0.29) is 37.3 Å². The molecule has 0 saturated heterocycles. The number of hydrogen-bond donors (Lipinski definition) is 0. The van der Waals surface area contributed by atoms with Crippen LogP contribution in [-0.2, 0) is 37.0 Å². The van der Waals surface area contributed by atoms with Crippen LogP contribution in [-0.4, -0.2) is 32.1 Å². The Hall–Kier alpha value is -2.21. The lowest BCUT2D eigenvalue weighted by molar-refractivity contribution is -0.152. The van der Waals surface area contributed by atoms with Crippen LogP contribution < -0.4 is 0 Å². The molecule has 0 unspecified atom stereocenters. The maximum atomic E-state index is 11.9. The molecule has 0 aliphatic heterocycles. The number of carbonyl (C=O) groups excluding carboxylic acids is 1. The molecule has 0 fully saturated rings. The molecule has 0 aliphatic rings. The van der Waals surface area contributed by atoms with Crippen LogP contribution in [0, 0.1) is 5.92 Å². The van der Waals surface area contributed by atoms with Gasteiger partial charge in [0, 0.05) is 5.92 Å². The van der Waals surface area contributed by atoms with Gasteiger partial charge in [-0.2, -0.15) is 0 Å². The molecule has 158 valence electrons. The summed E-state index contributed by atoms with van der Waals surface area (Å²) in [5.74, 6) is -0.243. The van der Waals surface area contributed by atoms with Crippen molar-refractivity contribution in [3.05, 3.63) is 71.8 Å². The second kappa shape index (κ2) is 13.1. The van der Waals surface area contributed by atoms with Gasteiger partial charge in [0.2, 0.25) is 0 Å². The van der Waals surface area contributed by atoms with Gasteiger partial charge in [-0.3, -0.25) is 4.79 Å². The van der Waals surface area contributed by atoms with E-state index in [1.165, 1.54) is 7.11 Å². The zero-order valence-electron chi connectivity index (χ0n) is 17.6. The minimum atomic E-state index is -0.295. The van der Waals surface area contributed by atoms with Gasteiger partial charge in [0.05, 0.1) is 39.0 Å². The molecule has 2 aromatic rings. The van der Waals surface area contributed by atoms with Crippen molar-refractivity contribution in [2.45, 2.75) is 52.1 Å². The van der Waals surface area contributed by atoms with Crippen molar-refractivity contribution in [2.24, 2.45) is 5.92 Å². The molecule has 0 bridgehead atoms. The molecule has 29 heavy (non-hydrogen) atoms. The van der Waals surface area contributed by atoms with E-state index in [4.69, 9.17) is 18.9 Å². The summed E-state index contributed by atoms with van der Waals surface area (Å²) in [5, 5.41) is 0. The maximum Gasteiger partial charge on any atom is 0.308 e. The molecule has 0 aliphatic carbocycles. The molecule has 0 aromatic heterocycles. The molecule has 2 aromatic carbocycles. The van der Waals surface area contributed by atoms with Gasteiger partial charge in [-0.25, -0.2) is 0 Å². The van der Waals surface area contributed by atoms with E-state index < -0.39 is 0 Å². The molecule has 0 saturated carbocycles. The lowest BCUT2D eigenvalue weighted by Crippen LogP contribution is -2.35. The van der Waals surface area contributed by atoms with Crippen molar-refractivity contribution < 1.29 is 23.7 Å². The van der Waals surface area contributed by atoms with Crippen molar-refractivity contribution in [3.8, 4) is 0 Å². The SMILES string of the molecule is CC[C@H]([C@@H](C)OCOCc1ccccc1)[C@@H](CC(=O)OC)OCc1ccccc1. The third kappa shape index (κ3) is 8.36. The summed E-state index contributed by atoms with van der Waals surface area (Å²) in [7, 11) is 1.40. The first-order chi connectivity index (χ1) is 14.1. The molecule has 0 N–H and O–H groups in total. The highest BCUT2D eigenvalue weighted by atomic mass is 16.7. The fraction of sp³-hybridized carbons (Fsp3) is 0.458. The minimum absolute atomic E-state index is 0.0399. The van der Waals surface area contributed by atoms with Crippen molar-refractivity contribution in [3.63, 3.8) is 0 Å². The Morgan fingerprint density at radius 3 is 2.03 bits per heavy atom. The number of methoxy groups -OCH3 is 1. The molecule has 0 radical (unpaired) electrons. The molecule has 3 atom stereocenters. The summed E-state index contributed by atoms with van der Waals surface area (Å²) in [5.41, 5.74) is 2.17. The smallest absolute Gasteiger partial charge is 0.308 e. The van der Waals surface area contributed by atoms with Crippen molar-refractivity contribution in [1.29, 1.82) is 0 Å². The number of carbonyl (C=O) groups is 1. The summed E-state index contributed by atoms with van der Waals surface area (Å²) in [6.45, 7) is 5.20. The fourth-order valence-corrected chi connectivity index (χ4v) is 3.27. The van der Waals surface area contributed by atoms with E-state index in [1.54, 1.807) is 0 Å². The van der Waals surface area contributed by atoms with Crippen LogP contribution in [0.15, 0.2) is 60.7 Å². The number of ether oxygens (including phenoxy) is 4. The summed E-state index contributed by atoms with van der Waals surface area (Å²) in [4.78, 5) is 11.9. The van der Waals surface area contributed by atoms with E-state index in [1.807, 2.05) is 67.6 Å². The van der Waals surface area contributed by atoms with Gasteiger partial charge in [0.1, 0.15) is 6.79 Å². The average molecular weight is 401 g/mol. The third-order valence-corrected chi connectivity index (χ3v) is 4.98. The van der Waals surface area contributed by atoms with Crippen LogP contribution in [0.1, 0.15) is 37.8 Å². The van der Waals surface area contributed by atoms with Gasteiger partial charge in [0.25, 0.3) is 0 Å². The molecule has 0 amide bonds. The Kier molecular flexibility index (Phi) is 10.4. The second-order valence-electron chi connectivity index (χ2n) is 7.01. The number of benzene rings is 2. The van der Waals surface area contributed by atoms with Crippen LogP contribution in [0.2, 0.25) is 0 Å². The zero-order valence-corrected chi connectivity index (χ0v) is 17.6. The summed E-state index contributed by atoms with van der Waals surface area (Å²) < 4.78 is 22.6. The molecule has 2 rings (SSSR count).